The van der Waals surface area contributed by atoms with Gasteiger partial charge in [0.1, 0.15) is 0 Å². The van der Waals surface area contributed by atoms with E-state index in [1.165, 1.54) is 5.56 Å². The van der Waals surface area contributed by atoms with Crippen LogP contribution in [0, 0.1) is 6.92 Å². The predicted molar refractivity (Wildman–Crippen MR) is 70.9 cm³/mol. The summed E-state index contributed by atoms with van der Waals surface area (Å²) in [5.41, 5.74) is 3.16. The topological polar surface area (TPSA) is 37.8 Å². The first-order valence-electron chi connectivity index (χ1n) is 5.49. The van der Waals surface area contributed by atoms with Crippen molar-refractivity contribution < 1.29 is 0 Å². The second-order valence-corrected chi connectivity index (χ2v) is 4.16. The Morgan fingerprint density at radius 1 is 1.18 bits per heavy atom. The minimum absolute atomic E-state index is 0.620. The van der Waals surface area contributed by atoms with Gasteiger partial charge in [-0.3, -0.25) is 0 Å². The van der Waals surface area contributed by atoms with Crippen LogP contribution in [-0.4, -0.2) is 15.8 Å². The molecule has 0 unspecified atom stereocenters. The fraction of sp³-hybridized carbons (Fsp3) is 0.231. The van der Waals surface area contributed by atoms with Crippen molar-refractivity contribution in [1.82, 2.24) is 9.97 Å². The number of hydrogen-bond acceptors (Lipinski definition) is 3. The molecule has 0 amide bonds. The summed E-state index contributed by atoms with van der Waals surface area (Å²) < 4.78 is 0. The van der Waals surface area contributed by atoms with Gasteiger partial charge in [-0.1, -0.05) is 12.1 Å². The molecule has 0 saturated carbocycles. The number of halogens is 1. The maximum atomic E-state index is 5.69. The average molecular weight is 248 g/mol. The van der Waals surface area contributed by atoms with Crippen molar-refractivity contribution in [3.8, 4) is 0 Å². The number of aryl methyl sites for hydroxylation is 2. The van der Waals surface area contributed by atoms with Crippen molar-refractivity contribution in [2.45, 2.75) is 13.3 Å². The molecule has 3 nitrogen and oxygen atoms in total. The summed E-state index contributed by atoms with van der Waals surface area (Å²) in [6.07, 6.45) is 2.63. The van der Waals surface area contributed by atoms with Gasteiger partial charge in [0.2, 0.25) is 5.95 Å². The van der Waals surface area contributed by atoms with Crippen molar-refractivity contribution in [2.75, 3.05) is 11.2 Å². The second-order valence-electron chi connectivity index (χ2n) is 3.78. The van der Waals surface area contributed by atoms with Gasteiger partial charge in [0.15, 0.2) is 0 Å². The molecule has 4 heteroatoms. The van der Waals surface area contributed by atoms with Gasteiger partial charge in [-0.15, -0.1) is 11.6 Å². The van der Waals surface area contributed by atoms with Crippen LogP contribution < -0.4 is 5.32 Å². The fourth-order valence-corrected chi connectivity index (χ4v) is 1.72. The van der Waals surface area contributed by atoms with Crippen LogP contribution in [0.4, 0.5) is 11.6 Å². The summed E-state index contributed by atoms with van der Waals surface area (Å²) in [7, 11) is 0. The first kappa shape index (κ1) is 11.9. The van der Waals surface area contributed by atoms with Crippen LogP contribution in [-0.2, 0) is 6.42 Å². The van der Waals surface area contributed by atoms with Gasteiger partial charge >= 0.3 is 0 Å². The molecule has 2 rings (SSSR count). The summed E-state index contributed by atoms with van der Waals surface area (Å²) in [5.74, 6) is 1.27. The van der Waals surface area contributed by atoms with Crippen LogP contribution in [0.15, 0.2) is 36.5 Å². The number of benzene rings is 1. The van der Waals surface area contributed by atoms with E-state index in [0.717, 1.165) is 17.8 Å². The molecule has 0 aliphatic heterocycles. The van der Waals surface area contributed by atoms with Crippen molar-refractivity contribution >= 4 is 23.2 Å². The lowest BCUT2D eigenvalue weighted by Crippen LogP contribution is -1.97. The van der Waals surface area contributed by atoms with E-state index in [4.69, 9.17) is 11.6 Å². The third kappa shape index (κ3) is 3.43. The van der Waals surface area contributed by atoms with Crippen LogP contribution >= 0.6 is 11.6 Å². The summed E-state index contributed by atoms with van der Waals surface area (Å²) in [6.45, 7) is 1.94. The Bertz CT molecular complexity index is 482. The summed E-state index contributed by atoms with van der Waals surface area (Å²) in [5, 5.41) is 3.16. The van der Waals surface area contributed by atoms with Crippen LogP contribution in [0.1, 0.15) is 11.3 Å². The smallest absolute Gasteiger partial charge is 0.227 e. The number of nitrogens with one attached hydrogen (secondary N) is 1. The molecule has 1 heterocycles. The fourth-order valence-electron chi connectivity index (χ4n) is 1.50. The SMILES string of the molecule is Cc1ccnc(Nc2ccc(CCCl)cc2)n1. The van der Waals surface area contributed by atoms with Crippen molar-refractivity contribution in [1.29, 1.82) is 0 Å². The Hall–Kier alpha value is -1.61. The number of anilines is 2. The van der Waals surface area contributed by atoms with Gasteiger partial charge in [-0.2, -0.15) is 0 Å². The lowest BCUT2D eigenvalue weighted by Gasteiger charge is -2.05. The van der Waals surface area contributed by atoms with E-state index in [9.17, 15) is 0 Å². The van der Waals surface area contributed by atoms with Gasteiger partial charge in [0.05, 0.1) is 0 Å². The highest BCUT2D eigenvalue weighted by atomic mass is 35.5. The highest BCUT2D eigenvalue weighted by Gasteiger charge is 1.98. The van der Waals surface area contributed by atoms with Crippen molar-refractivity contribution in [2.24, 2.45) is 0 Å². The molecule has 0 aliphatic rings. The van der Waals surface area contributed by atoms with Crippen molar-refractivity contribution in [3.05, 3.63) is 47.8 Å². The zero-order valence-corrected chi connectivity index (χ0v) is 10.4. The predicted octanol–water partition coefficient (Wildman–Crippen LogP) is 3.31. The second kappa shape index (κ2) is 5.64. The largest absolute Gasteiger partial charge is 0.324 e. The van der Waals surface area contributed by atoms with E-state index in [1.54, 1.807) is 6.20 Å². The zero-order valence-electron chi connectivity index (χ0n) is 9.65. The van der Waals surface area contributed by atoms with Crippen molar-refractivity contribution in [3.63, 3.8) is 0 Å². The molecular formula is C13H14ClN3. The lowest BCUT2D eigenvalue weighted by atomic mass is 10.1. The molecule has 17 heavy (non-hydrogen) atoms. The highest BCUT2D eigenvalue weighted by molar-refractivity contribution is 6.17. The maximum Gasteiger partial charge on any atom is 0.227 e. The van der Waals surface area contributed by atoms with Gasteiger partial charge in [-0.25, -0.2) is 9.97 Å². The molecule has 88 valence electrons. The summed E-state index contributed by atoms with van der Waals surface area (Å²) in [4.78, 5) is 8.43. The van der Waals surface area contributed by atoms with Gasteiger partial charge < -0.3 is 5.32 Å². The van der Waals surface area contributed by atoms with Crippen LogP contribution in [0.3, 0.4) is 0 Å². The van der Waals surface area contributed by atoms with E-state index in [-0.39, 0.29) is 0 Å². The third-order valence-corrected chi connectivity index (χ3v) is 2.58. The molecule has 0 bridgehead atoms. The number of hydrogen-bond donors (Lipinski definition) is 1. The monoisotopic (exact) mass is 247 g/mol. The van der Waals surface area contributed by atoms with E-state index in [2.05, 4.69) is 27.4 Å². The first-order valence-corrected chi connectivity index (χ1v) is 6.03. The number of nitrogens with zero attached hydrogens (tertiary/aromatic N) is 2. The van der Waals surface area contributed by atoms with Gasteiger partial charge in [0, 0.05) is 23.5 Å². The van der Waals surface area contributed by atoms with Gasteiger partial charge in [0.25, 0.3) is 0 Å². The van der Waals surface area contributed by atoms with Crippen LogP contribution in [0.25, 0.3) is 0 Å². The third-order valence-electron chi connectivity index (χ3n) is 2.39. The van der Waals surface area contributed by atoms with E-state index in [1.807, 2.05) is 25.1 Å². The summed E-state index contributed by atoms with van der Waals surface area (Å²) >= 11 is 5.69. The van der Waals surface area contributed by atoms with Gasteiger partial charge in [-0.05, 0) is 37.1 Å². The first-order chi connectivity index (χ1) is 8.28. The Morgan fingerprint density at radius 2 is 1.94 bits per heavy atom. The minimum Gasteiger partial charge on any atom is -0.324 e. The molecule has 1 aromatic heterocycles. The molecule has 0 aliphatic carbocycles. The van der Waals surface area contributed by atoms with Crippen LogP contribution in [0.5, 0.6) is 0 Å². The normalized spacial score (nSPS) is 10.2. The molecule has 1 N–H and O–H groups in total. The summed E-state index contributed by atoms with van der Waals surface area (Å²) in [6, 6.07) is 10.00. The quantitative estimate of drug-likeness (QED) is 0.843. The molecular weight excluding hydrogens is 234 g/mol. The standard InChI is InChI=1S/C13H14ClN3/c1-10-7-9-15-13(16-10)17-12-4-2-11(3-5-12)6-8-14/h2-5,7,9H,6,8H2,1H3,(H,15,16,17). The number of rotatable bonds is 4. The molecule has 1 aromatic carbocycles. The molecule has 2 aromatic rings. The molecule has 0 saturated heterocycles. The Labute approximate surface area is 106 Å². The van der Waals surface area contributed by atoms with E-state index in [0.29, 0.717) is 11.8 Å². The molecule has 0 spiro atoms. The zero-order chi connectivity index (χ0) is 12.1. The number of aromatic nitrogens is 2. The maximum absolute atomic E-state index is 5.69. The van der Waals surface area contributed by atoms with Crippen LogP contribution in [0.2, 0.25) is 0 Å². The molecule has 0 radical (unpaired) electrons. The lowest BCUT2D eigenvalue weighted by molar-refractivity contribution is 1.10. The Kier molecular flexibility index (Phi) is 3.94. The average Bonchev–Trinajstić information content (AvgIpc) is 2.32. The van der Waals surface area contributed by atoms with E-state index < -0.39 is 0 Å². The Morgan fingerprint density at radius 3 is 2.59 bits per heavy atom. The number of alkyl halides is 1. The minimum atomic E-state index is 0.620. The van der Waals surface area contributed by atoms with E-state index >= 15 is 0 Å². The molecule has 0 atom stereocenters. The Balaban J connectivity index is 2.08. The highest BCUT2D eigenvalue weighted by Crippen LogP contribution is 2.14. The molecule has 0 fully saturated rings.